The predicted molar refractivity (Wildman–Crippen MR) is 160 cm³/mol. The van der Waals surface area contributed by atoms with Crippen LogP contribution in [0, 0.1) is 11.8 Å². The van der Waals surface area contributed by atoms with Gasteiger partial charge in [-0.05, 0) is 71.9 Å². The first-order valence-corrected chi connectivity index (χ1v) is 16.5. The van der Waals surface area contributed by atoms with Gasteiger partial charge in [0.2, 0.25) is 0 Å². The Morgan fingerprint density at radius 2 is 1.08 bits per heavy atom. The van der Waals surface area contributed by atoms with Crippen LogP contribution in [-0.2, 0) is 12.8 Å². The molecular weight excluding hydrogens is 448 g/mol. The van der Waals surface area contributed by atoms with Gasteiger partial charge < -0.3 is 0 Å². The highest BCUT2D eigenvalue weighted by Gasteiger charge is 2.51. The summed E-state index contributed by atoms with van der Waals surface area (Å²) in [6.45, 7) is 16.7. The third-order valence-corrected chi connectivity index (χ3v) is 14.0. The van der Waals surface area contributed by atoms with E-state index in [0.717, 1.165) is 12.8 Å². The molecule has 3 aromatic rings. The topological polar surface area (TPSA) is 0 Å². The molecule has 0 aliphatic heterocycles. The first-order valence-electron chi connectivity index (χ1n) is 13.9. The molecule has 2 unspecified atom stereocenters. The van der Waals surface area contributed by atoms with E-state index in [1.807, 2.05) is 0 Å². The van der Waals surface area contributed by atoms with Crippen molar-refractivity contribution in [2.75, 3.05) is 0 Å². The number of hydrogen-bond donors (Lipinski definition) is 0. The molecule has 0 bridgehead atoms. The molecule has 0 fully saturated rings. The number of allylic oxidation sites excluding steroid dienone is 2. The van der Waals surface area contributed by atoms with E-state index in [9.17, 15) is 0 Å². The molecule has 0 saturated carbocycles. The molecule has 3 aromatic carbocycles. The number of benzene rings is 3. The normalized spacial score (nSPS) is 20.2. The maximum atomic E-state index is 2.67. The van der Waals surface area contributed by atoms with Gasteiger partial charge in [0.25, 0.3) is 0 Å². The molecule has 1 heteroatoms. The van der Waals surface area contributed by atoms with Crippen molar-refractivity contribution in [1.29, 1.82) is 0 Å². The molecule has 5 rings (SSSR count). The highest BCUT2D eigenvalue weighted by Crippen LogP contribution is 2.52. The van der Waals surface area contributed by atoms with Gasteiger partial charge in [-0.3, -0.25) is 0 Å². The zero-order valence-corrected chi connectivity index (χ0v) is 24.2. The minimum atomic E-state index is -2.12. The van der Waals surface area contributed by atoms with E-state index in [4.69, 9.17) is 0 Å². The Morgan fingerprint density at radius 1 is 0.639 bits per heavy atom. The number of rotatable bonds is 7. The van der Waals surface area contributed by atoms with Gasteiger partial charge in [0.05, 0.1) is 0 Å². The van der Waals surface area contributed by atoms with Gasteiger partial charge in [0.1, 0.15) is 8.07 Å². The molecule has 0 saturated heterocycles. The van der Waals surface area contributed by atoms with E-state index in [2.05, 4.69) is 127 Å². The molecular formula is C35H42Si. The van der Waals surface area contributed by atoms with Crippen molar-refractivity contribution in [3.05, 3.63) is 111 Å². The Labute approximate surface area is 220 Å². The van der Waals surface area contributed by atoms with E-state index in [1.165, 1.54) is 22.3 Å². The largest absolute Gasteiger partial charge is 0.106 e. The summed E-state index contributed by atoms with van der Waals surface area (Å²) in [6, 6.07) is 26.2. The molecule has 0 nitrogen and oxygen atoms in total. The van der Waals surface area contributed by atoms with Crippen molar-refractivity contribution in [2.45, 2.75) is 72.0 Å². The van der Waals surface area contributed by atoms with E-state index in [0.29, 0.717) is 22.9 Å². The molecule has 0 radical (unpaired) electrons. The molecule has 2 aliphatic carbocycles. The van der Waals surface area contributed by atoms with Crippen LogP contribution in [0.15, 0.2) is 77.9 Å². The lowest BCUT2D eigenvalue weighted by molar-refractivity contribution is 0.647. The molecule has 0 N–H and O–H groups in total. The van der Waals surface area contributed by atoms with E-state index in [1.54, 1.807) is 27.5 Å². The predicted octanol–water partition coefficient (Wildman–Crippen LogP) is 8.85. The van der Waals surface area contributed by atoms with Gasteiger partial charge in [-0.25, -0.2) is 0 Å². The third-order valence-electron chi connectivity index (χ3n) is 8.48. The smallest absolute Gasteiger partial charge is 0.0675 e. The minimum absolute atomic E-state index is 0.484. The van der Waals surface area contributed by atoms with Crippen molar-refractivity contribution >= 4 is 25.4 Å². The van der Waals surface area contributed by atoms with Crippen molar-refractivity contribution in [3.8, 4) is 0 Å². The fourth-order valence-corrected chi connectivity index (χ4v) is 13.0. The lowest BCUT2D eigenvalue weighted by atomic mass is 9.98. The Hall–Kier alpha value is -2.64. The van der Waals surface area contributed by atoms with Crippen molar-refractivity contribution in [2.24, 2.45) is 11.8 Å². The molecule has 186 valence electrons. The summed E-state index contributed by atoms with van der Waals surface area (Å²) in [6.07, 6.45) is 7.29. The number of hydrogen-bond acceptors (Lipinski definition) is 0. The fourth-order valence-electron chi connectivity index (χ4n) is 7.26. The van der Waals surface area contributed by atoms with E-state index < -0.39 is 8.07 Å². The van der Waals surface area contributed by atoms with Crippen LogP contribution in [0.1, 0.15) is 86.0 Å². The summed E-state index contributed by atoms with van der Waals surface area (Å²) in [5.41, 5.74) is 13.0. The van der Waals surface area contributed by atoms with Crippen LogP contribution < -0.4 is 5.19 Å². The maximum absolute atomic E-state index is 2.67. The molecule has 0 heterocycles. The highest BCUT2D eigenvalue weighted by atomic mass is 28.3. The summed E-state index contributed by atoms with van der Waals surface area (Å²) < 4.78 is 0. The molecule has 0 aromatic heterocycles. The summed E-state index contributed by atoms with van der Waals surface area (Å²) in [5.74, 6) is 1.36. The lowest BCUT2D eigenvalue weighted by Crippen LogP contribution is -2.55. The first-order chi connectivity index (χ1) is 17.2. The second-order valence-corrected chi connectivity index (χ2v) is 16.7. The van der Waals surface area contributed by atoms with Crippen LogP contribution in [0.5, 0.6) is 0 Å². The summed E-state index contributed by atoms with van der Waals surface area (Å²) >= 11 is 0. The van der Waals surface area contributed by atoms with Gasteiger partial charge in [-0.1, -0.05) is 129 Å². The summed E-state index contributed by atoms with van der Waals surface area (Å²) in [7, 11) is -2.12. The average molecular weight is 491 g/mol. The van der Waals surface area contributed by atoms with Crippen LogP contribution in [0.4, 0.5) is 0 Å². The Kier molecular flexibility index (Phi) is 6.72. The second kappa shape index (κ2) is 9.67. The summed E-state index contributed by atoms with van der Waals surface area (Å²) in [5, 5.41) is 1.57. The van der Waals surface area contributed by atoms with Crippen molar-refractivity contribution in [1.82, 2.24) is 0 Å². The third kappa shape index (κ3) is 4.37. The zero-order chi connectivity index (χ0) is 25.6. The van der Waals surface area contributed by atoms with Gasteiger partial charge in [0.15, 0.2) is 0 Å². The molecule has 36 heavy (non-hydrogen) atoms. The van der Waals surface area contributed by atoms with Crippen LogP contribution >= 0.6 is 0 Å². The maximum Gasteiger partial charge on any atom is 0.106 e. The lowest BCUT2D eigenvalue weighted by Gasteiger charge is -2.42. The Morgan fingerprint density at radius 3 is 1.50 bits per heavy atom. The van der Waals surface area contributed by atoms with Crippen LogP contribution in [0.2, 0.25) is 6.55 Å². The Balaban J connectivity index is 1.65. The second-order valence-electron chi connectivity index (χ2n) is 12.4. The molecule has 0 amide bonds. The van der Waals surface area contributed by atoms with E-state index >= 15 is 0 Å². The number of fused-ring (bicyclic) bond motifs is 2. The fraction of sp³-hybridized carbons (Fsp3) is 0.371. The minimum Gasteiger partial charge on any atom is -0.0675 e. The van der Waals surface area contributed by atoms with Gasteiger partial charge in [-0.2, -0.15) is 0 Å². The van der Waals surface area contributed by atoms with Crippen LogP contribution in [-0.4, -0.2) is 8.07 Å². The summed E-state index contributed by atoms with van der Waals surface area (Å²) in [4.78, 5) is 0. The van der Waals surface area contributed by atoms with Gasteiger partial charge in [-0.15, -0.1) is 0 Å². The molecule has 2 aliphatic rings. The standard InChI is InChI=1S/C35H42Si/c1-23(2)17-27-13-15-32-29(21-27)19-25(5)34(32)36(7,31-11-9-8-10-12-31)35-26(6)20-30-22-28(18-24(3)4)14-16-33(30)35/h8-16,19-24,34-35H,17-18H2,1-7H3. The van der Waals surface area contributed by atoms with Gasteiger partial charge >= 0.3 is 0 Å². The molecule has 0 spiro atoms. The van der Waals surface area contributed by atoms with E-state index in [-0.39, 0.29) is 0 Å². The molecule has 2 atom stereocenters. The van der Waals surface area contributed by atoms with Crippen molar-refractivity contribution in [3.63, 3.8) is 0 Å². The highest BCUT2D eigenvalue weighted by molar-refractivity contribution is 6.94. The monoisotopic (exact) mass is 490 g/mol. The van der Waals surface area contributed by atoms with Crippen LogP contribution in [0.25, 0.3) is 12.2 Å². The SMILES string of the molecule is CC1=Cc2cc(CC(C)C)ccc2C1[Si](C)(c1ccccc1)C1C(C)=Cc2cc(CC(C)C)ccc21. The first kappa shape index (κ1) is 25.0. The van der Waals surface area contributed by atoms with Crippen molar-refractivity contribution < 1.29 is 0 Å². The van der Waals surface area contributed by atoms with Gasteiger partial charge in [0, 0.05) is 11.1 Å². The Bertz CT molecular complexity index is 1240. The zero-order valence-electron chi connectivity index (χ0n) is 23.2. The average Bonchev–Trinajstić information content (AvgIpc) is 3.33. The van der Waals surface area contributed by atoms with Crippen LogP contribution in [0.3, 0.4) is 0 Å². The quantitative estimate of drug-likeness (QED) is 0.290.